The van der Waals surface area contributed by atoms with E-state index in [0.29, 0.717) is 5.56 Å². The minimum atomic E-state index is -4.78. The standard InChI is InChI=1S/C12H10F3NO3S/c13-12(14,15)19-10-4-2-1-3-8(10)5-9-6-16-7-11(9)20(17)18/h1-4,6-7,16H,5H2,(H,17,18). The molecule has 108 valence electrons. The summed E-state index contributed by atoms with van der Waals surface area (Å²) in [6, 6.07) is 5.66. The Bertz CT molecular complexity index is 624. The number of aromatic amines is 1. The van der Waals surface area contributed by atoms with Crippen molar-refractivity contribution in [3.8, 4) is 5.75 Å². The van der Waals surface area contributed by atoms with Crippen LogP contribution in [0.1, 0.15) is 11.1 Å². The summed E-state index contributed by atoms with van der Waals surface area (Å²) in [7, 11) is 0. The summed E-state index contributed by atoms with van der Waals surface area (Å²) < 4.78 is 60.9. The van der Waals surface area contributed by atoms with Crippen LogP contribution in [0, 0.1) is 0 Å². The molecule has 0 bridgehead atoms. The maximum atomic E-state index is 12.3. The lowest BCUT2D eigenvalue weighted by Gasteiger charge is -2.13. The van der Waals surface area contributed by atoms with E-state index in [0.717, 1.165) is 0 Å². The van der Waals surface area contributed by atoms with Crippen molar-refractivity contribution >= 4 is 11.1 Å². The Kier molecular flexibility index (Phi) is 4.15. The van der Waals surface area contributed by atoms with Crippen molar-refractivity contribution < 1.29 is 26.7 Å². The van der Waals surface area contributed by atoms with Crippen molar-refractivity contribution in [2.75, 3.05) is 0 Å². The van der Waals surface area contributed by atoms with Crippen LogP contribution in [0.3, 0.4) is 0 Å². The maximum Gasteiger partial charge on any atom is 0.573 e. The van der Waals surface area contributed by atoms with Crippen molar-refractivity contribution in [3.63, 3.8) is 0 Å². The van der Waals surface area contributed by atoms with Crippen molar-refractivity contribution in [1.82, 2.24) is 4.98 Å². The molecule has 0 radical (unpaired) electrons. The molecule has 0 fully saturated rings. The van der Waals surface area contributed by atoms with Gasteiger partial charge in [-0.15, -0.1) is 13.2 Å². The first kappa shape index (κ1) is 14.6. The summed E-state index contributed by atoms with van der Waals surface area (Å²) >= 11 is -2.20. The summed E-state index contributed by atoms with van der Waals surface area (Å²) in [6.45, 7) is 0. The van der Waals surface area contributed by atoms with Crippen LogP contribution in [-0.4, -0.2) is 20.1 Å². The van der Waals surface area contributed by atoms with Crippen LogP contribution in [0.2, 0.25) is 0 Å². The van der Waals surface area contributed by atoms with E-state index in [-0.39, 0.29) is 22.6 Å². The first-order valence-electron chi connectivity index (χ1n) is 5.47. The van der Waals surface area contributed by atoms with Gasteiger partial charge in [0.2, 0.25) is 0 Å². The van der Waals surface area contributed by atoms with E-state index in [4.69, 9.17) is 4.55 Å². The third kappa shape index (κ3) is 3.61. The molecule has 2 rings (SSSR count). The second-order valence-corrected chi connectivity index (χ2v) is 4.86. The number of H-pyrrole nitrogens is 1. The summed E-state index contributed by atoms with van der Waals surface area (Å²) in [4.78, 5) is 2.78. The fraction of sp³-hybridized carbons (Fsp3) is 0.167. The van der Waals surface area contributed by atoms with E-state index in [1.807, 2.05) is 0 Å². The Hall–Kier alpha value is -1.80. The Morgan fingerprint density at radius 2 is 1.90 bits per heavy atom. The SMILES string of the molecule is O=S(O)c1c[nH]cc1Cc1ccccc1OC(F)(F)F. The third-order valence-corrected chi connectivity index (χ3v) is 3.31. The monoisotopic (exact) mass is 305 g/mol. The smallest absolute Gasteiger partial charge is 0.405 e. The quantitative estimate of drug-likeness (QED) is 0.853. The van der Waals surface area contributed by atoms with Crippen LogP contribution in [0.15, 0.2) is 41.6 Å². The van der Waals surface area contributed by atoms with Gasteiger partial charge in [-0.25, -0.2) is 4.21 Å². The van der Waals surface area contributed by atoms with Gasteiger partial charge in [-0.2, -0.15) is 0 Å². The Balaban J connectivity index is 2.29. The number of alkyl halides is 3. The van der Waals surface area contributed by atoms with Gasteiger partial charge < -0.3 is 14.3 Å². The number of benzene rings is 1. The molecule has 1 atom stereocenters. The van der Waals surface area contributed by atoms with Gasteiger partial charge in [0.25, 0.3) is 0 Å². The third-order valence-electron chi connectivity index (χ3n) is 2.56. The molecule has 1 aromatic carbocycles. The number of aromatic nitrogens is 1. The summed E-state index contributed by atoms with van der Waals surface area (Å²) in [5.41, 5.74) is 0.709. The molecule has 0 amide bonds. The van der Waals surface area contributed by atoms with Crippen molar-refractivity contribution in [2.45, 2.75) is 17.7 Å². The number of hydrogen-bond donors (Lipinski definition) is 2. The van der Waals surface area contributed by atoms with Gasteiger partial charge in [-0.1, -0.05) is 18.2 Å². The topological polar surface area (TPSA) is 62.3 Å². The van der Waals surface area contributed by atoms with Crippen LogP contribution in [0.25, 0.3) is 0 Å². The predicted octanol–water partition coefficient (Wildman–Crippen LogP) is 3.08. The molecule has 0 saturated carbocycles. The van der Waals surface area contributed by atoms with Crippen molar-refractivity contribution in [1.29, 1.82) is 0 Å². The van der Waals surface area contributed by atoms with Gasteiger partial charge >= 0.3 is 6.36 Å². The zero-order valence-electron chi connectivity index (χ0n) is 9.98. The number of para-hydroxylation sites is 1. The Morgan fingerprint density at radius 1 is 1.20 bits per heavy atom. The molecule has 1 heterocycles. The zero-order valence-corrected chi connectivity index (χ0v) is 10.8. The molecule has 4 nitrogen and oxygen atoms in total. The largest absolute Gasteiger partial charge is 0.573 e. The highest BCUT2D eigenvalue weighted by Crippen LogP contribution is 2.28. The predicted molar refractivity (Wildman–Crippen MR) is 65.8 cm³/mol. The van der Waals surface area contributed by atoms with Crippen LogP contribution < -0.4 is 4.74 Å². The lowest BCUT2D eigenvalue weighted by molar-refractivity contribution is -0.274. The second-order valence-electron chi connectivity index (χ2n) is 3.93. The molecule has 2 N–H and O–H groups in total. The van der Waals surface area contributed by atoms with E-state index in [1.54, 1.807) is 6.07 Å². The van der Waals surface area contributed by atoms with E-state index in [2.05, 4.69) is 9.72 Å². The summed E-state index contributed by atoms with van der Waals surface area (Å²) in [5, 5.41) is 0. The molecule has 1 unspecified atom stereocenters. The minimum Gasteiger partial charge on any atom is -0.405 e. The highest BCUT2D eigenvalue weighted by atomic mass is 32.2. The van der Waals surface area contributed by atoms with E-state index >= 15 is 0 Å². The van der Waals surface area contributed by atoms with E-state index < -0.39 is 17.4 Å². The number of rotatable bonds is 4. The zero-order chi connectivity index (χ0) is 14.8. The fourth-order valence-electron chi connectivity index (χ4n) is 1.76. The van der Waals surface area contributed by atoms with Gasteiger partial charge in [0.05, 0.1) is 4.90 Å². The highest BCUT2D eigenvalue weighted by molar-refractivity contribution is 7.79. The number of ether oxygens (including phenoxy) is 1. The van der Waals surface area contributed by atoms with Gasteiger partial charge in [0.1, 0.15) is 5.75 Å². The lowest BCUT2D eigenvalue weighted by Crippen LogP contribution is -2.18. The fourth-order valence-corrected chi connectivity index (χ4v) is 2.29. The average molecular weight is 305 g/mol. The first-order chi connectivity index (χ1) is 9.37. The van der Waals surface area contributed by atoms with Gasteiger partial charge in [0, 0.05) is 18.8 Å². The maximum absolute atomic E-state index is 12.3. The molecule has 20 heavy (non-hydrogen) atoms. The summed E-state index contributed by atoms with van der Waals surface area (Å²) in [5.74, 6) is -0.323. The molecule has 0 aliphatic rings. The lowest BCUT2D eigenvalue weighted by atomic mass is 10.1. The second kappa shape index (κ2) is 5.68. The van der Waals surface area contributed by atoms with E-state index in [9.17, 15) is 17.4 Å². The van der Waals surface area contributed by atoms with E-state index in [1.165, 1.54) is 30.6 Å². The molecule has 0 aliphatic carbocycles. The van der Waals surface area contributed by atoms with Crippen LogP contribution in [0.5, 0.6) is 5.75 Å². The molecular formula is C12H10F3NO3S. The Labute approximate surface area is 114 Å². The molecule has 0 aliphatic heterocycles. The highest BCUT2D eigenvalue weighted by Gasteiger charge is 2.32. The molecule has 8 heteroatoms. The Morgan fingerprint density at radius 3 is 2.55 bits per heavy atom. The van der Waals surface area contributed by atoms with Crippen LogP contribution in [0.4, 0.5) is 13.2 Å². The molecule has 0 spiro atoms. The first-order valence-corrected chi connectivity index (χ1v) is 6.57. The molecule has 2 aromatic rings. The molecule has 1 aromatic heterocycles. The molecular weight excluding hydrogens is 295 g/mol. The van der Waals surface area contributed by atoms with Gasteiger partial charge in [-0.3, -0.25) is 0 Å². The van der Waals surface area contributed by atoms with Gasteiger partial charge in [-0.05, 0) is 17.2 Å². The normalized spacial score (nSPS) is 13.2. The van der Waals surface area contributed by atoms with Crippen molar-refractivity contribution in [3.05, 3.63) is 47.8 Å². The number of hydrogen-bond acceptors (Lipinski definition) is 2. The van der Waals surface area contributed by atoms with Crippen molar-refractivity contribution in [2.24, 2.45) is 0 Å². The average Bonchev–Trinajstić information content (AvgIpc) is 2.78. The van der Waals surface area contributed by atoms with Crippen LogP contribution >= 0.6 is 0 Å². The van der Waals surface area contributed by atoms with Gasteiger partial charge in [0.15, 0.2) is 11.1 Å². The molecule has 0 saturated heterocycles. The summed E-state index contributed by atoms with van der Waals surface area (Å²) in [6.07, 6.45) is -1.93. The van der Waals surface area contributed by atoms with Crippen LogP contribution in [-0.2, 0) is 17.5 Å². The minimum absolute atomic E-state index is 0.0530. The number of halogens is 3. The number of nitrogens with one attached hydrogen (secondary N) is 1.